The van der Waals surface area contributed by atoms with E-state index in [-0.39, 0.29) is 24.5 Å². The van der Waals surface area contributed by atoms with Gasteiger partial charge in [-0.3, -0.25) is 19.1 Å². The lowest BCUT2D eigenvalue weighted by Crippen LogP contribution is -2.28. The quantitative estimate of drug-likeness (QED) is 0.699. The van der Waals surface area contributed by atoms with E-state index in [1.165, 1.54) is 4.90 Å². The first-order valence-electron chi connectivity index (χ1n) is 8.63. The summed E-state index contributed by atoms with van der Waals surface area (Å²) < 4.78 is 31.3. The predicted octanol–water partition coefficient (Wildman–Crippen LogP) is 2.30. The Morgan fingerprint density at radius 2 is 1.93 bits per heavy atom. The largest absolute Gasteiger partial charge is 0.439 e. The molecular formula is C19H14F2N4O4. The number of aromatic amines is 1. The average molecular weight is 400 g/mol. The van der Waals surface area contributed by atoms with Gasteiger partial charge >= 0.3 is 5.76 Å². The monoisotopic (exact) mass is 400 g/mol. The van der Waals surface area contributed by atoms with Crippen molar-refractivity contribution in [2.75, 3.05) is 16.8 Å². The van der Waals surface area contributed by atoms with Crippen molar-refractivity contribution in [1.82, 2.24) is 10.1 Å². The molecule has 0 aliphatic carbocycles. The van der Waals surface area contributed by atoms with E-state index >= 15 is 0 Å². The average Bonchev–Trinajstić information content (AvgIpc) is 3.27. The predicted molar refractivity (Wildman–Crippen MR) is 98.0 cm³/mol. The van der Waals surface area contributed by atoms with E-state index in [9.17, 15) is 23.2 Å². The number of anilines is 2. The van der Waals surface area contributed by atoms with Gasteiger partial charge in [-0.25, -0.2) is 13.6 Å². The molecular weight excluding hydrogens is 386 g/mol. The number of hydrogen-bond acceptors (Lipinski definition) is 5. The molecule has 1 atom stereocenters. The molecule has 1 aliphatic rings. The number of amides is 2. The van der Waals surface area contributed by atoms with Crippen molar-refractivity contribution < 1.29 is 22.9 Å². The fourth-order valence-electron chi connectivity index (χ4n) is 3.17. The van der Waals surface area contributed by atoms with Gasteiger partial charge in [-0.05, 0) is 24.3 Å². The molecule has 0 bridgehead atoms. The minimum absolute atomic E-state index is 0.00383. The van der Waals surface area contributed by atoms with Crippen LogP contribution in [0, 0.1) is 17.6 Å². The van der Waals surface area contributed by atoms with Gasteiger partial charge in [0.15, 0.2) is 5.82 Å². The maximum absolute atomic E-state index is 13.4. The zero-order valence-corrected chi connectivity index (χ0v) is 14.8. The fraction of sp³-hybridized carbons (Fsp3) is 0.158. The van der Waals surface area contributed by atoms with Crippen LogP contribution in [0.15, 0.2) is 51.8 Å². The summed E-state index contributed by atoms with van der Waals surface area (Å²) in [6.07, 6.45) is -0.0831. The van der Waals surface area contributed by atoms with Crippen molar-refractivity contribution in [2.24, 2.45) is 5.92 Å². The van der Waals surface area contributed by atoms with Crippen LogP contribution in [0.4, 0.5) is 20.2 Å². The number of rotatable bonds is 4. The van der Waals surface area contributed by atoms with Crippen LogP contribution in [0.1, 0.15) is 6.42 Å². The molecule has 1 unspecified atom stereocenters. The van der Waals surface area contributed by atoms with E-state index in [4.69, 9.17) is 0 Å². The zero-order valence-electron chi connectivity index (χ0n) is 14.8. The van der Waals surface area contributed by atoms with E-state index < -0.39 is 35.1 Å². The van der Waals surface area contributed by atoms with Crippen LogP contribution in [0.5, 0.6) is 0 Å². The summed E-state index contributed by atoms with van der Waals surface area (Å²) in [4.78, 5) is 39.5. The van der Waals surface area contributed by atoms with Gasteiger partial charge in [-0.15, -0.1) is 0 Å². The van der Waals surface area contributed by atoms with Gasteiger partial charge in [0.05, 0.1) is 5.92 Å². The SMILES string of the molecule is O=C(Nc1cccc(-c2noc(=O)[nH]2)c1)C1CC(=O)N(c2cc(F)cc(F)c2)C1. The number of halogens is 2. The molecule has 2 heterocycles. The molecule has 8 nitrogen and oxygen atoms in total. The summed E-state index contributed by atoms with van der Waals surface area (Å²) in [5.41, 5.74) is 1.02. The van der Waals surface area contributed by atoms with Gasteiger partial charge in [-0.1, -0.05) is 17.3 Å². The Hall–Kier alpha value is -3.82. The molecule has 0 spiro atoms. The van der Waals surface area contributed by atoms with Crippen molar-refractivity contribution in [3.8, 4) is 11.4 Å². The van der Waals surface area contributed by atoms with Gasteiger partial charge in [0, 0.05) is 36.0 Å². The van der Waals surface area contributed by atoms with Gasteiger partial charge in [0.2, 0.25) is 11.8 Å². The number of carbonyl (C=O) groups is 2. The van der Waals surface area contributed by atoms with Crippen LogP contribution in [-0.4, -0.2) is 28.5 Å². The highest BCUT2D eigenvalue weighted by molar-refractivity contribution is 6.03. The van der Waals surface area contributed by atoms with Crippen molar-refractivity contribution in [1.29, 1.82) is 0 Å². The highest BCUT2D eigenvalue weighted by atomic mass is 19.1. The minimum atomic E-state index is -0.802. The first kappa shape index (κ1) is 18.5. The third-order valence-electron chi connectivity index (χ3n) is 4.50. The maximum atomic E-state index is 13.4. The second-order valence-electron chi connectivity index (χ2n) is 6.55. The minimum Gasteiger partial charge on any atom is -0.326 e. The fourth-order valence-corrected chi connectivity index (χ4v) is 3.17. The number of H-pyrrole nitrogens is 1. The highest BCUT2D eigenvalue weighted by Gasteiger charge is 2.35. The molecule has 1 aromatic heterocycles. The molecule has 10 heteroatoms. The normalized spacial score (nSPS) is 16.3. The van der Waals surface area contributed by atoms with Crippen molar-refractivity contribution in [2.45, 2.75) is 6.42 Å². The molecule has 1 aliphatic heterocycles. The van der Waals surface area contributed by atoms with Gasteiger partial charge < -0.3 is 10.2 Å². The number of benzene rings is 2. The highest BCUT2D eigenvalue weighted by Crippen LogP contribution is 2.28. The number of nitrogens with zero attached hydrogens (tertiary/aromatic N) is 2. The number of aromatic nitrogens is 2. The second kappa shape index (κ2) is 7.30. The van der Waals surface area contributed by atoms with Crippen LogP contribution >= 0.6 is 0 Å². The third kappa shape index (κ3) is 3.91. The molecule has 0 radical (unpaired) electrons. The Labute approximate surface area is 162 Å². The molecule has 29 heavy (non-hydrogen) atoms. The van der Waals surface area contributed by atoms with E-state index in [0.29, 0.717) is 17.3 Å². The molecule has 148 valence electrons. The first-order valence-corrected chi connectivity index (χ1v) is 8.63. The van der Waals surface area contributed by atoms with Gasteiger partial charge in [0.1, 0.15) is 11.6 Å². The Kier molecular flexibility index (Phi) is 4.67. The Bertz CT molecular complexity index is 1140. The zero-order chi connectivity index (χ0) is 20.5. The molecule has 2 amide bonds. The molecule has 1 fully saturated rings. The summed E-state index contributed by atoms with van der Waals surface area (Å²) in [6.45, 7) is 0.00383. The van der Waals surface area contributed by atoms with Crippen molar-refractivity contribution in [3.05, 3.63) is 64.6 Å². The number of hydrogen-bond donors (Lipinski definition) is 2. The topological polar surface area (TPSA) is 108 Å². The van der Waals surface area contributed by atoms with Crippen LogP contribution in [0.25, 0.3) is 11.4 Å². The van der Waals surface area contributed by atoms with Crippen LogP contribution < -0.4 is 16.0 Å². The molecule has 1 saturated heterocycles. The van der Waals surface area contributed by atoms with E-state index in [2.05, 4.69) is 20.0 Å². The Morgan fingerprint density at radius 3 is 2.62 bits per heavy atom. The summed E-state index contributed by atoms with van der Waals surface area (Å²) >= 11 is 0. The maximum Gasteiger partial charge on any atom is 0.439 e. The summed E-state index contributed by atoms with van der Waals surface area (Å²) in [6, 6.07) is 9.34. The smallest absolute Gasteiger partial charge is 0.326 e. The first-order chi connectivity index (χ1) is 13.9. The Morgan fingerprint density at radius 1 is 1.17 bits per heavy atom. The van der Waals surface area contributed by atoms with Gasteiger partial charge in [0.25, 0.3) is 0 Å². The lowest BCUT2D eigenvalue weighted by atomic mass is 10.1. The summed E-state index contributed by atoms with van der Waals surface area (Å²) in [5.74, 6) is -3.60. The lowest BCUT2D eigenvalue weighted by molar-refractivity contribution is -0.122. The van der Waals surface area contributed by atoms with E-state index in [1.54, 1.807) is 24.3 Å². The summed E-state index contributed by atoms with van der Waals surface area (Å²) in [5, 5.41) is 6.28. The van der Waals surface area contributed by atoms with Crippen LogP contribution in [0.2, 0.25) is 0 Å². The van der Waals surface area contributed by atoms with Crippen LogP contribution in [-0.2, 0) is 9.59 Å². The Balaban J connectivity index is 1.48. The summed E-state index contributed by atoms with van der Waals surface area (Å²) in [7, 11) is 0. The van der Waals surface area contributed by atoms with E-state index in [1.807, 2.05) is 0 Å². The third-order valence-corrected chi connectivity index (χ3v) is 4.50. The van der Waals surface area contributed by atoms with E-state index in [0.717, 1.165) is 12.1 Å². The standard InChI is InChI=1S/C19H14F2N4O4/c20-12-6-13(21)8-15(7-12)25-9-11(5-16(25)26)18(27)22-14-3-1-2-10(4-14)17-23-19(28)29-24-17/h1-4,6-8,11H,5,9H2,(H,22,27)(H,23,24,28). The lowest BCUT2D eigenvalue weighted by Gasteiger charge is -2.17. The van der Waals surface area contributed by atoms with Crippen LogP contribution in [0.3, 0.4) is 0 Å². The molecule has 2 aromatic carbocycles. The molecule has 4 rings (SSSR count). The number of carbonyl (C=O) groups excluding carboxylic acids is 2. The number of nitrogens with one attached hydrogen (secondary N) is 2. The van der Waals surface area contributed by atoms with Gasteiger partial charge in [-0.2, -0.15) is 0 Å². The second-order valence-corrected chi connectivity index (χ2v) is 6.55. The molecule has 2 N–H and O–H groups in total. The van der Waals surface area contributed by atoms with Crippen molar-refractivity contribution in [3.63, 3.8) is 0 Å². The molecule has 3 aromatic rings. The van der Waals surface area contributed by atoms with Crippen molar-refractivity contribution >= 4 is 23.2 Å². The molecule has 0 saturated carbocycles.